The van der Waals surface area contributed by atoms with Crippen molar-refractivity contribution in [3.05, 3.63) is 18.7 Å². The van der Waals surface area contributed by atoms with Gasteiger partial charge in [-0.1, -0.05) is 66.2 Å². The van der Waals surface area contributed by atoms with Gasteiger partial charge in [0.05, 0.1) is 6.33 Å². The first kappa shape index (κ1) is 32.8. The predicted octanol–water partition coefficient (Wildman–Crippen LogP) is 5.89. The standard InChI is InChI=1S/C8H19N.2C6H12O2.C3H4N2/c1-3-5-7-9-8-6-4-2;2*1-2-3-4-5-6(7)8;1-2-5-3-4-1/h9H,3-8H2,1-2H3;2*2-5H2,1H3,(H,7,8);1-3H,(H,4,5). The van der Waals surface area contributed by atoms with Gasteiger partial charge in [0.1, 0.15) is 0 Å². The van der Waals surface area contributed by atoms with E-state index in [1.165, 1.54) is 38.8 Å². The molecule has 1 heterocycles. The molecular weight excluding hydrogens is 382 g/mol. The van der Waals surface area contributed by atoms with Gasteiger partial charge in [-0.15, -0.1) is 0 Å². The molecule has 0 aromatic carbocycles. The SMILES string of the molecule is CCCCCC(=O)O.CCCCCC(=O)O.CCCCNCCCC.c1c[nH]cn1. The summed E-state index contributed by atoms with van der Waals surface area (Å²) >= 11 is 0. The van der Waals surface area contributed by atoms with Crippen molar-refractivity contribution in [3.8, 4) is 0 Å². The van der Waals surface area contributed by atoms with Crippen molar-refractivity contribution in [1.29, 1.82) is 0 Å². The van der Waals surface area contributed by atoms with Crippen LogP contribution in [-0.2, 0) is 9.59 Å². The van der Waals surface area contributed by atoms with Crippen LogP contribution in [0.2, 0.25) is 0 Å². The lowest BCUT2D eigenvalue weighted by molar-refractivity contribution is -0.138. The lowest BCUT2D eigenvalue weighted by Crippen LogP contribution is -2.15. The van der Waals surface area contributed by atoms with Crippen LogP contribution in [0.5, 0.6) is 0 Å². The van der Waals surface area contributed by atoms with E-state index < -0.39 is 11.9 Å². The van der Waals surface area contributed by atoms with Crippen molar-refractivity contribution >= 4 is 11.9 Å². The Bertz CT molecular complexity index is 383. The van der Waals surface area contributed by atoms with Crippen molar-refractivity contribution in [1.82, 2.24) is 15.3 Å². The topological polar surface area (TPSA) is 115 Å². The molecule has 0 saturated heterocycles. The molecule has 178 valence electrons. The van der Waals surface area contributed by atoms with E-state index in [0.717, 1.165) is 38.5 Å². The summed E-state index contributed by atoms with van der Waals surface area (Å²) in [6.07, 6.45) is 16.9. The van der Waals surface area contributed by atoms with Gasteiger partial charge >= 0.3 is 11.9 Å². The highest BCUT2D eigenvalue weighted by Gasteiger charge is 1.93. The van der Waals surface area contributed by atoms with Gasteiger partial charge in [-0.2, -0.15) is 0 Å². The smallest absolute Gasteiger partial charge is 0.303 e. The molecule has 4 N–H and O–H groups in total. The van der Waals surface area contributed by atoms with Crippen molar-refractivity contribution in [2.24, 2.45) is 0 Å². The highest BCUT2D eigenvalue weighted by atomic mass is 16.4. The molecule has 0 atom stereocenters. The predicted molar refractivity (Wildman–Crippen MR) is 125 cm³/mol. The maximum atomic E-state index is 9.87. The first-order chi connectivity index (χ1) is 14.5. The highest BCUT2D eigenvalue weighted by molar-refractivity contribution is 5.66. The van der Waals surface area contributed by atoms with Crippen LogP contribution in [0.15, 0.2) is 18.7 Å². The zero-order valence-corrected chi connectivity index (χ0v) is 19.8. The van der Waals surface area contributed by atoms with Crippen LogP contribution in [0, 0.1) is 0 Å². The van der Waals surface area contributed by atoms with Crippen molar-refractivity contribution < 1.29 is 19.8 Å². The van der Waals surface area contributed by atoms with E-state index in [1.54, 1.807) is 18.7 Å². The molecule has 0 radical (unpaired) electrons. The lowest BCUT2D eigenvalue weighted by atomic mass is 10.2. The second-order valence-corrected chi connectivity index (χ2v) is 6.92. The molecule has 0 aliphatic heterocycles. The number of H-pyrrole nitrogens is 1. The summed E-state index contributed by atoms with van der Waals surface area (Å²) in [5.74, 6) is -1.36. The largest absolute Gasteiger partial charge is 0.481 e. The van der Waals surface area contributed by atoms with Crippen molar-refractivity contribution in [3.63, 3.8) is 0 Å². The maximum Gasteiger partial charge on any atom is 0.303 e. The molecule has 0 aliphatic rings. The summed E-state index contributed by atoms with van der Waals surface area (Å²) in [6, 6.07) is 0. The van der Waals surface area contributed by atoms with E-state index in [9.17, 15) is 9.59 Å². The molecule has 0 bridgehead atoms. The fourth-order valence-corrected chi connectivity index (χ4v) is 2.00. The first-order valence-electron chi connectivity index (χ1n) is 11.5. The number of carboxylic acids is 2. The van der Waals surface area contributed by atoms with Crippen LogP contribution in [0.4, 0.5) is 0 Å². The number of aromatic amines is 1. The monoisotopic (exact) mass is 429 g/mol. The van der Waals surface area contributed by atoms with E-state index in [1.807, 2.05) is 0 Å². The summed E-state index contributed by atoms with van der Waals surface area (Å²) < 4.78 is 0. The van der Waals surface area contributed by atoms with Gasteiger partial charge < -0.3 is 20.5 Å². The average molecular weight is 430 g/mol. The number of carboxylic acid groups (broad SMARTS) is 2. The Morgan fingerprint density at radius 1 is 0.767 bits per heavy atom. The summed E-state index contributed by atoms with van der Waals surface area (Å²) in [7, 11) is 0. The molecule has 0 unspecified atom stereocenters. The molecule has 0 amide bonds. The van der Waals surface area contributed by atoms with Crippen LogP contribution in [0.1, 0.15) is 105 Å². The number of imidazole rings is 1. The number of rotatable bonds is 14. The van der Waals surface area contributed by atoms with Gasteiger partial charge in [0.15, 0.2) is 0 Å². The highest BCUT2D eigenvalue weighted by Crippen LogP contribution is 1.97. The molecule has 0 spiro atoms. The third-order valence-corrected chi connectivity index (χ3v) is 3.81. The Labute approximate surface area is 184 Å². The molecule has 0 saturated carbocycles. The number of nitrogens with one attached hydrogen (secondary N) is 2. The van der Waals surface area contributed by atoms with Crippen LogP contribution >= 0.6 is 0 Å². The number of aliphatic carboxylic acids is 2. The summed E-state index contributed by atoms with van der Waals surface area (Å²) in [4.78, 5) is 26.2. The Kier molecular flexibility index (Phi) is 34.7. The molecule has 1 aromatic heterocycles. The van der Waals surface area contributed by atoms with Gasteiger partial charge in [-0.25, -0.2) is 4.98 Å². The summed E-state index contributed by atoms with van der Waals surface area (Å²) in [6.45, 7) is 11.0. The maximum absolute atomic E-state index is 9.87. The zero-order chi connectivity index (χ0) is 23.3. The van der Waals surface area contributed by atoms with E-state index in [2.05, 4.69) is 43.0 Å². The molecule has 0 fully saturated rings. The minimum atomic E-state index is -0.682. The van der Waals surface area contributed by atoms with Gasteiger partial charge in [-0.05, 0) is 38.8 Å². The molecule has 1 rings (SSSR count). The Morgan fingerprint density at radius 2 is 1.20 bits per heavy atom. The molecule has 30 heavy (non-hydrogen) atoms. The minimum absolute atomic E-state index is 0.327. The number of carbonyl (C=O) groups is 2. The molecule has 7 nitrogen and oxygen atoms in total. The Hall–Kier alpha value is -1.89. The van der Waals surface area contributed by atoms with Gasteiger partial charge in [0.25, 0.3) is 0 Å². The average Bonchev–Trinajstić information content (AvgIpc) is 3.29. The second-order valence-electron chi connectivity index (χ2n) is 6.92. The Morgan fingerprint density at radius 3 is 1.43 bits per heavy atom. The molecule has 1 aromatic rings. The Balaban J connectivity index is -0.000000329. The summed E-state index contributed by atoms with van der Waals surface area (Å²) in [5, 5.41) is 19.7. The molecule has 0 aliphatic carbocycles. The van der Waals surface area contributed by atoms with Crippen LogP contribution in [0.3, 0.4) is 0 Å². The summed E-state index contributed by atoms with van der Waals surface area (Å²) in [5.41, 5.74) is 0. The van der Waals surface area contributed by atoms with E-state index in [0.29, 0.717) is 12.8 Å². The number of nitrogens with zero attached hydrogens (tertiary/aromatic N) is 1. The van der Waals surface area contributed by atoms with Gasteiger partial charge in [-0.3, -0.25) is 9.59 Å². The number of hydrogen-bond acceptors (Lipinski definition) is 4. The normalized spacial score (nSPS) is 9.20. The lowest BCUT2D eigenvalue weighted by Gasteiger charge is -1.99. The van der Waals surface area contributed by atoms with E-state index in [4.69, 9.17) is 10.2 Å². The third kappa shape index (κ3) is 45.1. The van der Waals surface area contributed by atoms with Gasteiger partial charge in [0.2, 0.25) is 0 Å². The van der Waals surface area contributed by atoms with Crippen LogP contribution in [0.25, 0.3) is 0 Å². The quantitative estimate of drug-likeness (QED) is 0.274. The fourth-order valence-electron chi connectivity index (χ4n) is 2.00. The minimum Gasteiger partial charge on any atom is -0.481 e. The van der Waals surface area contributed by atoms with E-state index in [-0.39, 0.29) is 0 Å². The van der Waals surface area contributed by atoms with Gasteiger partial charge in [0, 0.05) is 25.2 Å². The van der Waals surface area contributed by atoms with Crippen molar-refractivity contribution in [2.45, 2.75) is 105 Å². The number of hydrogen-bond donors (Lipinski definition) is 4. The zero-order valence-electron chi connectivity index (χ0n) is 19.8. The second kappa shape index (κ2) is 31.8. The van der Waals surface area contributed by atoms with Crippen LogP contribution in [-0.4, -0.2) is 45.2 Å². The van der Waals surface area contributed by atoms with Crippen molar-refractivity contribution in [2.75, 3.05) is 13.1 Å². The molecule has 7 heteroatoms. The third-order valence-electron chi connectivity index (χ3n) is 3.81. The fraction of sp³-hybridized carbons (Fsp3) is 0.783. The van der Waals surface area contributed by atoms with Crippen LogP contribution < -0.4 is 5.32 Å². The number of aromatic nitrogens is 2. The molecular formula is C23H47N3O4. The van der Waals surface area contributed by atoms with E-state index >= 15 is 0 Å². The first-order valence-corrected chi connectivity index (χ1v) is 11.5. The number of unbranched alkanes of at least 4 members (excludes halogenated alkanes) is 6.